The van der Waals surface area contributed by atoms with Gasteiger partial charge in [0.15, 0.2) is 0 Å². The molecule has 0 unspecified atom stereocenters. The summed E-state index contributed by atoms with van der Waals surface area (Å²) < 4.78 is 176. The molecule has 0 aliphatic heterocycles. The Labute approximate surface area is 276 Å². The zero-order valence-corrected chi connectivity index (χ0v) is 26.9. The van der Waals surface area contributed by atoms with Gasteiger partial charge in [-0.2, -0.15) is 43.2 Å². The Kier molecular flexibility index (Phi) is 9.11. The van der Waals surface area contributed by atoms with Gasteiger partial charge in [-0.3, -0.25) is 9.11 Å². The SMILES string of the molecule is CCNS(=O)(=O)c1cc(-c2cn(-c3ccc(S(=O)(=O)O)c(C(F)(F)F)c3)nn2)nc(-c2cn(-c3ccc(S(=O)(=O)O)c(C(F)(F)F)c3)nn2)c1. The van der Waals surface area contributed by atoms with E-state index in [1.807, 2.05) is 0 Å². The van der Waals surface area contributed by atoms with Crippen molar-refractivity contribution in [3.05, 3.63) is 72.1 Å². The maximum Gasteiger partial charge on any atom is 0.417 e. The van der Waals surface area contributed by atoms with Crippen LogP contribution >= 0.6 is 0 Å². The Hall–Kier alpha value is -4.82. The number of rotatable bonds is 9. The summed E-state index contributed by atoms with van der Waals surface area (Å²) in [4.78, 5) is 0.991. The van der Waals surface area contributed by atoms with Gasteiger partial charge in [-0.25, -0.2) is 27.5 Å². The molecule has 0 radical (unpaired) electrons. The molecule has 0 amide bonds. The second kappa shape index (κ2) is 12.5. The Morgan fingerprint density at radius 1 is 0.660 bits per heavy atom. The van der Waals surface area contributed by atoms with E-state index in [1.54, 1.807) is 0 Å². The van der Waals surface area contributed by atoms with Crippen LogP contribution in [0.25, 0.3) is 34.2 Å². The van der Waals surface area contributed by atoms with Crippen LogP contribution in [0.1, 0.15) is 18.1 Å². The number of halogens is 6. The van der Waals surface area contributed by atoms with Crippen molar-refractivity contribution in [3.63, 3.8) is 0 Å². The molecule has 25 heteroatoms. The average molecular weight is 769 g/mol. The van der Waals surface area contributed by atoms with E-state index in [9.17, 15) is 60.7 Å². The van der Waals surface area contributed by atoms with Gasteiger partial charge >= 0.3 is 12.4 Å². The molecule has 0 saturated heterocycles. The van der Waals surface area contributed by atoms with Crippen LogP contribution in [0.3, 0.4) is 0 Å². The third-order valence-electron chi connectivity index (χ3n) is 6.58. The predicted octanol–water partition coefficient (Wildman–Crippen LogP) is 3.41. The molecule has 0 spiro atoms. The maximum absolute atomic E-state index is 13.6. The first-order chi connectivity index (χ1) is 23.0. The van der Waals surface area contributed by atoms with E-state index < -0.39 is 68.4 Å². The fourth-order valence-electron chi connectivity index (χ4n) is 4.43. The van der Waals surface area contributed by atoms with Gasteiger partial charge in [0.25, 0.3) is 20.2 Å². The summed E-state index contributed by atoms with van der Waals surface area (Å²) >= 11 is 0. The Balaban J connectivity index is 1.61. The highest BCUT2D eigenvalue weighted by Gasteiger charge is 2.38. The number of sulfonamides is 1. The molecule has 3 heterocycles. The van der Waals surface area contributed by atoms with Gasteiger partial charge in [-0.1, -0.05) is 17.4 Å². The summed E-state index contributed by atoms with van der Waals surface area (Å²) in [6, 6.07) is 5.53. The molecule has 0 atom stereocenters. The molecule has 3 aromatic heterocycles. The number of hydrogen-bond donors (Lipinski definition) is 3. The fraction of sp³-hybridized carbons (Fsp3) is 0.160. The highest BCUT2D eigenvalue weighted by atomic mass is 32.2. The molecule has 0 bridgehead atoms. The molecule has 3 N–H and O–H groups in total. The van der Waals surface area contributed by atoms with Crippen molar-refractivity contribution in [2.75, 3.05) is 6.54 Å². The molecular weight excluding hydrogens is 751 g/mol. The van der Waals surface area contributed by atoms with Crippen molar-refractivity contribution in [2.45, 2.75) is 34.0 Å². The van der Waals surface area contributed by atoms with Crippen molar-refractivity contribution < 1.29 is 60.7 Å². The van der Waals surface area contributed by atoms with Crippen molar-refractivity contribution in [3.8, 4) is 34.2 Å². The molecule has 266 valence electrons. The monoisotopic (exact) mass is 768 g/mol. The van der Waals surface area contributed by atoms with Crippen LogP contribution in [0, 0.1) is 0 Å². The first kappa shape index (κ1) is 36.5. The minimum absolute atomic E-state index is 0.0656. The van der Waals surface area contributed by atoms with E-state index in [-0.39, 0.29) is 40.7 Å². The second-order valence-corrected chi connectivity index (χ2v) is 14.5. The third kappa shape index (κ3) is 7.50. The zero-order chi connectivity index (χ0) is 37.0. The number of pyridine rings is 1. The summed E-state index contributed by atoms with van der Waals surface area (Å²) in [6.07, 6.45) is -8.41. The summed E-state index contributed by atoms with van der Waals surface area (Å²) in [5.41, 5.74) is -5.13. The third-order valence-corrected chi connectivity index (χ3v) is 9.93. The Morgan fingerprint density at radius 2 is 1.06 bits per heavy atom. The smallest absolute Gasteiger partial charge is 0.282 e. The number of aromatic nitrogens is 7. The maximum atomic E-state index is 13.6. The molecular formula is C25H18F6N8O8S3. The van der Waals surface area contributed by atoms with Crippen LogP contribution < -0.4 is 4.72 Å². The number of nitrogens with one attached hydrogen (secondary N) is 1. The zero-order valence-electron chi connectivity index (χ0n) is 24.4. The molecule has 2 aromatic carbocycles. The lowest BCUT2D eigenvalue weighted by Gasteiger charge is -2.12. The summed E-state index contributed by atoms with van der Waals surface area (Å²) in [7, 11) is -14.8. The Morgan fingerprint density at radius 3 is 1.40 bits per heavy atom. The topological polar surface area (TPSA) is 229 Å². The first-order valence-corrected chi connectivity index (χ1v) is 17.6. The van der Waals surface area contributed by atoms with E-state index >= 15 is 0 Å². The van der Waals surface area contributed by atoms with Crippen molar-refractivity contribution >= 4 is 30.3 Å². The van der Waals surface area contributed by atoms with E-state index in [0.717, 1.165) is 46.0 Å². The average Bonchev–Trinajstić information content (AvgIpc) is 3.70. The van der Waals surface area contributed by atoms with Crippen LogP contribution in [0.2, 0.25) is 0 Å². The quantitative estimate of drug-likeness (QED) is 0.144. The van der Waals surface area contributed by atoms with E-state index in [2.05, 4.69) is 30.3 Å². The standard InChI is InChI=1S/C25H18F6N8O8S3/c1-2-32-48(40,41)15-9-18(20-11-38(36-34-20)13-3-5-22(49(42,43)44)16(7-13)24(26,27)28)33-19(10-15)21-12-39(37-35-21)14-4-6-23(50(45,46)47)17(8-14)25(29,30)31/h3-12,32H,2H2,1H3,(H,42,43,44)(H,45,46,47). The minimum Gasteiger partial charge on any atom is -0.282 e. The molecule has 0 saturated carbocycles. The van der Waals surface area contributed by atoms with Gasteiger partial charge in [0.1, 0.15) is 21.2 Å². The van der Waals surface area contributed by atoms with Gasteiger partial charge in [-0.05, 0) is 48.5 Å². The van der Waals surface area contributed by atoms with Crippen LogP contribution in [-0.2, 0) is 42.6 Å². The second-order valence-electron chi connectivity index (χ2n) is 9.98. The lowest BCUT2D eigenvalue weighted by atomic mass is 10.2. The number of nitrogens with zero attached hydrogens (tertiary/aromatic N) is 7. The lowest BCUT2D eigenvalue weighted by molar-refractivity contribution is -0.140. The number of benzene rings is 2. The molecule has 5 rings (SSSR count). The van der Waals surface area contributed by atoms with Crippen LogP contribution in [0.15, 0.2) is 75.6 Å². The molecule has 0 aliphatic carbocycles. The highest BCUT2D eigenvalue weighted by Crippen LogP contribution is 2.37. The normalized spacial score (nSPS) is 13.1. The van der Waals surface area contributed by atoms with Gasteiger partial charge < -0.3 is 0 Å². The van der Waals surface area contributed by atoms with Crippen LogP contribution in [0.5, 0.6) is 0 Å². The van der Waals surface area contributed by atoms with Crippen LogP contribution in [0.4, 0.5) is 26.3 Å². The molecule has 5 aromatic rings. The summed E-state index contributed by atoms with van der Waals surface area (Å²) in [5.74, 6) is 0. The van der Waals surface area contributed by atoms with Crippen molar-refractivity contribution in [1.29, 1.82) is 0 Å². The minimum atomic E-state index is -5.28. The van der Waals surface area contributed by atoms with Gasteiger partial charge in [-0.15, -0.1) is 10.2 Å². The lowest BCUT2D eigenvalue weighted by Crippen LogP contribution is -2.23. The van der Waals surface area contributed by atoms with Gasteiger partial charge in [0, 0.05) is 6.54 Å². The van der Waals surface area contributed by atoms with Gasteiger partial charge in [0.05, 0.1) is 51.2 Å². The molecule has 50 heavy (non-hydrogen) atoms. The number of alkyl halides is 6. The predicted molar refractivity (Wildman–Crippen MR) is 155 cm³/mol. The van der Waals surface area contributed by atoms with E-state index in [4.69, 9.17) is 0 Å². The Bertz CT molecular complexity index is 2310. The summed E-state index contributed by atoms with van der Waals surface area (Å²) in [6.45, 7) is 1.41. The molecule has 0 aliphatic rings. The number of hydrogen-bond acceptors (Lipinski definition) is 11. The highest BCUT2D eigenvalue weighted by molar-refractivity contribution is 7.89. The molecule has 16 nitrogen and oxygen atoms in total. The molecule has 0 fully saturated rings. The largest absolute Gasteiger partial charge is 0.417 e. The fourth-order valence-corrected chi connectivity index (χ4v) is 6.89. The van der Waals surface area contributed by atoms with Crippen molar-refractivity contribution in [2.24, 2.45) is 0 Å². The van der Waals surface area contributed by atoms with Crippen LogP contribution in [-0.4, -0.2) is 75.9 Å². The van der Waals surface area contributed by atoms with Crippen molar-refractivity contribution in [1.82, 2.24) is 39.7 Å². The first-order valence-electron chi connectivity index (χ1n) is 13.2. The van der Waals surface area contributed by atoms with Gasteiger partial charge in [0.2, 0.25) is 10.0 Å². The summed E-state index contributed by atoms with van der Waals surface area (Å²) in [5, 5.41) is 15.0. The van der Waals surface area contributed by atoms with E-state index in [1.165, 1.54) is 6.92 Å². The van der Waals surface area contributed by atoms with E-state index in [0.29, 0.717) is 24.3 Å².